The van der Waals surface area contributed by atoms with Gasteiger partial charge in [0, 0.05) is 66.2 Å². The van der Waals surface area contributed by atoms with E-state index in [4.69, 9.17) is 9.47 Å². The lowest BCUT2D eigenvalue weighted by atomic mass is 9.93. The lowest BCUT2D eigenvalue weighted by Gasteiger charge is -2.29. The first-order chi connectivity index (χ1) is 21.4. The minimum absolute atomic E-state index is 0.0550. The number of carbonyl (C=O) groups excluding carboxylic acids is 1. The fraction of sp³-hybridized carbons (Fsp3) is 0.321. The third kappa shape index (κ3) is 7.97. The second-order valence-electron chi connectivity index (χ2n) is 10.2. The summed E-state index contributed by atoms with van der Waals surface area (Å²) in [7, 11) is -2.24. The largest absolute Gasteiger partial charge is 0.467 e. The molecule has 2 N–H and O–H groups in total. The van der Waals surface area contributed by atoms with Crippen LogP contribution in [0, 0.1) is 0 Å². The highest BCUT2D eigenvalue weighted by atomic mass is 32.2. The number of methoxy groups -OCH3 is 1. The van der Waals surface area contributed by atoms with Crippen molar-refractivity contribution >= 4 is 27.7 Å². The van der Waals surface area contributed by atoms with Gasteiger partial charge in [0.1, 0.15) is 17.5 Å². The summed E-state index contributed by atoms with van der Waals surface area (Å²) in [5.74, 6) is 0.238. The van der Waals surface area contributed by atoms with Gasteiger partial charge in [-0.25, -0.2) is 38.1 Å². The van der Waals surface area contributed by atoms with Gasteiger partial charge in [0.2, 0.25) is 5.95 Å². The van der Waals surface area contributed by atoms with Gasteiger partial charge in [0.05, 0.1) is 17.7 Å². The summed E-state index contributed by atoms with van der Waals surface area (Å²) in [5.41, 5.74) is -0.268. The molecule has 1 fully saturated rings. The number of aromatic nitrogens is 6. The van der Waals surface area contributed by atoms with Gasteiger partial charge in [-0.2, -0.15) is 13.2 Å². The van der Waals surface area contributed by atoms with Crippen molar-refractivity contribution in [3.8, 4) is 28.4 Å². The molecule has 1 amide bonds. The number of carbonyl (C=O) groups is 1. The van der Waals surface area contributed by atoms with Crippen LogP contribution in [0.15, 0.2) is 60.3 Å². The molecule has 0 bridgehead atoms. The van der Waals surface area contributed by atoms with E-state index in [2.05, 4.69) is 40.5 Å². The highest BCUT2D eigenvalue weighted by molar-refractivity contribution is 7.90. The molecular weight excluding hydrogens is 617 g/mol. The summed E-state index contributed by atoms with van der Waals surface area (Å²) < 4.78 is 75.6. The van der Waals surface area contributed by atoms with Crippen LogP contribution in [0.2, 0.25) is 0 Å². The van der Waals surface area contributed by atoms with E-state index in [0.717, 1.165) is 35.8 Å². The first-order valence-corrected chi connectivity index (χ1v) is 15.4. The molecule has 0 spiro atoms. The summed E-state index contributed by atoms with van der Waals surface area (Å²) in [4.78, 5) is 36.3. The molecule has 4 aromatic heterocycles. The number of rotatable bonds is 8. The van der Waals surface area contributed by atoms with E-state index in [1.54, 1.807) is 30.7 Å². The Hall–Kier alpha value is -4.93. The van der Waals surface area contributed by atoms with Crippen LogP contribution in [-0.4, -0.2) is 69.9 Å². The second kappa shape index (κ2) is 13.0. The molecule has 13 nitrogen and oxygen atoms in total. The van der Waals surface area contributed by atoms with Crippen LogP contribution in [0.3, 0.4) is 0 Å². The molecule has 0 aliphatic heterocycles. The molecule has 1 aliphatic rings. The fourth-order valence-electron chi connectivity index (χ4n) is 4.63. The van der Waals surface area contributed by atoms with Crippen LogP contribution in [0.4, 0.5) is 29.7 Å². The highest BCUT2D eigenvalue weighted by Gasteiger charge is 2.36. The van der Waals surface area contributed by atoms with E-state index in [-0.39, 0.29) is 34.6 Å². The lowest BCUT2D eigenvalue weighted by Crippen LogP contribution is -2.32. The van der Waals surface area contributed by atoms with Gasteiger partial charge in [0.25, 0.3) is 0 Å². The van der Waals surface area contributed by atoms with Crippen LogP contribution in [-0.2, 0) is 20.8 Å². The summed E-state index contributed by atoms with van der Waals surface area (Å²) in [6.45, 7) is 0. The number of pyridine rings is 2. The third-order valence-corrected chi connectivity index (χ3v) is 8.01. The molecule has 17 heteroatoms. The molecule has 4 heterocycles. The molecular formula is C28H27F3N8O5S. The van der Waals surface area contributed by atoms with Crippen molar-refractivity contribution in [3.63, 3.8) is 0 Å². The summed E-state index contributed by atoms with van der Waals surface area (Å²) in [6.07, 6.45) is 4.70. The molecule has 1 aliphatic carbocycles. The highest BCUT2D eigenvalue weighted by Crippen LogP contribution is 2.36. The zero-order chi connectivity index (χ0) is 32.2. The van der Waals surface area contributed by atoms with Crippen molar-refractivity contribution in [3.05, 3.63) is 60.9 Å². The summed E-state index contributed by atoms with van der Waals surface area (Å²) >= 11 is 0. The first-order valence-electron chi connectivity index (χ1n) is 13.6. The van der Waals surface area contributed by atoms with Crippen molar-refractivity contribution in [1.29, 1.82) is 0 Å². The van der Waals surface area contributed by atoms with E-state index in [0.29, 0.717) is 37.7 Å². The van der Waals surface area contributed by atoms with Gasteiger partial charge >= 0.3 is 18.3 Å². The zero-order valence-electron chi connectivity index (χ0n) is 23.9. The van der Waals surface area contributed by atoms with Gasteiger partial charge in [-0.3, -0.25) is 10.3 Å². The predicted octanol–water partition coefficient (Wildman–Crippen LogP) is 4.79. The maximum Gasteiger partial charge on any atom is 0.419 e. The van der Waals surface area contributed by atoms with Crippen molar-refractivity contribution in [2.24, 2.45) is 0 Å². The molecule has 1 saturated carbocycles. The number of alkyl halides is 3. The van der Waals surface area contributed by atoms with Gasteiger partial charge in [0.15, 0.2) is 9.84 Å². The minimum atomic E-state index is -4.78. The molecule has 0 atom stereocenters. The number of nitrogens with zero attached hydrogens (tertiary/aromatic N) is 6. The molecule has 45 heavy (non-hydrogen) atoms. The number of amides is 1. The number of anilines is 2. The zero-order valence-corrected chi connectivity index (χ0v) is 24.8. The normalized spacial score (nSPS) is 16.9. The Labute approximate surface area is 255 Å². The van der Waals surface area contributed by atoms with E-state index in [9.17, 15) is 26.4 Å². The number of sulfone groups is 1. The van der Waals surface area contributed by atoms with Crippen LogP contribution >= 0.6 is 0 Å². The molecule has 0 radical (unpaired) electrons. The van der Waals surface area contributed by atoms with E-state index < -0.39 is 33.4 Å². The van der Waals surface area contributed by atoms with E-state index >= 15 is 0 Å². The molecule has 4 aromatic rings. The predicted molar refractivity (Wildman–Crippen MR) is 155 cm³/mol. The second-order valence-corrected chi connectivity index (χ2v) is 12.2. The van der Waals surface area contributed by atoms with Gasteiger partial charge < -0.3 is 14.8 Å². The van der Waals surface area contributed by atoms with E-state index in [1.165, 1.54) is 7.11 Å². The summed E-state index contributed by atoms with van der Waals surface area (Å²) in [5, 5.41) is 5.64. The smallest absolute Gasteiger partial charge is 0.419 e. The Balaban J connectivity index is 1.17. The maximum absolute atomic E-state index is 13.8. The van der Waals surface area contributed by atoms with Gasteiger partial charge in [-0.15, -0.1) is 0 Å². The quantitative estimate of drug-likeness (QED) is 0.269. The van der Waals surface area contributed by atoms with E-state index in [1.807, 2.05) is 0 Å². The number of ether oxygens (including phenoxy) is 2. The molecule has 0 saturated heterocycles. The molecule has 0 unspecified atom stereocenters. The number of nitrogens with one attached hydrogen (secondary N) is 2. The maximum atomic E-state index is 13.8. The topological polar surface area (TPSA) is 171 Å². The van der Waals surface area contributed by atoms with Crippen molar-refractivity contribution in [2.45, 2.75) is 48.9 Å². The van der Waals surface area contributed by atoms with Gasteiger partial charge in [-0.05, 0) is 43.9 Å². The number of hydrogen-bond donors (Lipinski definition) is 2. The van der Waals surface area contributed by atoms with Crippen LogP contribution in [0.5, 0.6) is 6.01 Å². The number of hydrogen-bond acceptors (Lipinski definition) is 12. The van der Waals surface area contributed by atoms with Crippen LogP contribution in [0.25, 0.3) is 22.4 Å². The number of halogens is 3. The minimum Gasteiger partial charge on any atom is -0.467 e. The third-order valence-electron chi connectivity index (χ3n) is 6.93. The van der Waals surface area contributed by atoms with Crippen LogP contribution in [0.1, 0.15) is 31.2 Å². The van der Waals surface area contributed by atoms with Crippen molar-refractivity contribution in [2.75, 3.05) is 24.0 Å². The molecule has 5 rings (SSSR count). The van der Waals surface area contributed by atoms with Crippen LogP contribution < -0.4 is 15.4 Å². The Morgan fingerprint density at radius 3 is 2.24 bits per heavy atom. The lowest BCUT2D eigenvalue weighted by molar-refractivity contribution is -0.137. The Bertz CT molecular complexity index is 1770. The Kier molecular flexibility index (Phi) is 9.08. The van der Waals surface area contributed by atoms with Crippen molar-refractivity contribution < 1.29 is 35.9 Å². The SMILES string of the molecule is COc1ncc(-c2ccc(NC(=O)O[C@H]3CC[C@H](Nc4ncc(C(F)(F)F)c(-c5cncc(S(C)(=O)=O)c5)n4)CC3)nc2)cn1. The molecule has 236 valence electrons. The van der Waals surface area contributed by atoms with Crippen molar-refractivity contribution in [1.82, 2.24) is 29.9 Å². The summed E-state index contributed by atoms with van der Waals surface area (Å²) in [6, 6.07) is 4.50. The molecule has 0 aromatic carbocycles. The monoisotopic (exact) mass is 644 g/mol. The Morgan fingerprint density at radius 1 is 0.911 bits per heavy atom. The average molecular weight is 645 g/mol. The Morgan fingerprint density at radius 2 is 1.62 bits per heavy atom. The standard InChI is InChI=1S/C28H27F3N8O5S/c1-43-26-35-12-18(13-36-26)16-3-8-23(33-11-16)38-27(40)44-20-6-4-19(5-7-20)37-25-34-15-22(28(29,30)31)24(39-25)17-9-21(14-32-10-17)45(2,41)42/h3,8-15,19-20H,4-7H2,1-2H3,(H,33,38,40)(H,34,37,39)/t19-,20-. The fourth-order valence-corrected chi connectivity index (χ4v) is 5.23. The van der Waals surface area contributed by atoms with Gasteiger partial charge in [-0.1, -0.05) is 0 Å². The average Bonchev–Trinajstić information content (AvgIpc) is 3.01. The first kappa shape index (κ1) is 31.5.